The van der Waals surface area contributed by atoms with Crippen LogP contribution in [0, 0.1) is 0 Å². The fraction of sp³-hybridized carbons (Fsp3) is 0.500. The molecule has 0 aromatic heterocycles. The van der Waals surface area contributed by atoms with E-state index in [1.807, 2.05) is 0 Å². The van der Waals surface area contributed by atoms with E-state index >= 15 is 0 Å². The molecule has 0 fully saturated rings. The maximum Gasteiger partial charge on any atom is 0.220 e. The highest BCUT2D eigenvalue weighted by Crippen LogP contribution is 2.13. The zero-order valence-electron chi connectivity index (χ0n) is 4.08. The predicted octanol–water partition coefficient (Wildman–Crippen LogP) is -2.05. The smallest absolute Gasteiger partial charge is 0.220 e. The molecule has 0 unspecified atom stereocenters. The topological polar surface area (TPSA) is 92.3 Å². The van der Waals surface area contributed by atoms with Crippen LogP contribution in [0.2, 0.25) is 0 Å². The molecule has 0 aliphatic heterocycles. The van der Waals surface area contributed by atoms with Crippen LogP contribution in [-0.4, -0.2) is 5.91 Å². The molecule has 0 rings (SSSR count). The van der Waals surface area contributed by atoms with Gasteiger partial charge in [0.1, 0.15) is 0 Å². The van der Waals surface area contributed by atoms with Crippen LogP contribution in [0.15, 0.2) is 0 Å². The van der Waals surface area contributed by atoms with Gasteiger partial charge in [0.2, 0.25) is 5.91 Å². The van der Waals surface area contributed by atoms with Crippen LogP contribution in [0.25, 0.3) is 0 Å². The molecule has 0 aliphatic rings. The van der Waals surface area contributed by atoms with Gasteiger partial charge >= 0.3 is 0 Å². The van der Waals surface area contributed by atoms with Gasteiger partial charge in [0.25, 0.3) is 0 Å². The van der Waals surface area contributed by atoms with Crippen LogP contribution < -0.4 is 14.9 Å². The zero-order valence-corrected chi connectivity index (χ0v) is 4.97. The number of hydrogen-bond donors (Lipinski definition) is 1. The maximum absolute atomic E-state index is 9.78. The van der Waals surface area contributed by atoms with Crippen LogP contribution in [0.5, 0.6) is 0 Å². The summed E-state index contributed by atoms with van der Waals surface area (Å²) >= 11 is 0. The van der Waals surface area contributed by atoms with E-state index in [0.29, 0.717) is 0 Å². The Morgan fingerprint density at radius 2 is 2.00 bits per heavy atom. The molecule has 0 heterocycles. The van der Waals surface area contributed by atoms with Gasteiger partial charge in [0.05, 0.1) is 0 Å². The normalized spacial score (nSPS) is 10.9. The van der Waals surface area contributed by atoms with Crippen molar-refractivity contribution >= 4 is 13.7 Å². The van der Waals surface area contributed by atoms with Crippen molar-refractivity contribution in [3.63, 3.8) is 0 Å². The third-order valence-corrected chi connectivity index (χ3v) is 0.883. The van der Waals surface area contributed by atoms with Gasteiger partial charge in [-0.25, -0.2) is 0 Å². The van der Waals surface area contributed by atoms with Crippen molar-refractivity contribution in [2.45, 2.75) is 6.92 Å². The maximum atomic E-state index is 9.78. The van der Waals surface area contributed by atoms with Crippen LogP contribution in [0.3, 0.4) is 0 Å². The van der Waals surface area contributed by atoms with E-state index in [1.165, 1.54) is 5.09 Å². The summed E-state index contributed by atoms with van der Waals surface area (Å²) in [6.45, 7) is 0.947. The minimum atomic E-state index is -4.82. The van der Waals surface area contributed by atoms with E-state index in [4.69, 9.17) is 0 Å². The van der Waals surface area contributed by atoms with Crippen LogP contribution in [-0.2, 0) is 9.36 Å². The van der Waals surface area contributed by atoms with Gasteiger partial charge < -0.3 is 19.4 Å². The standard InChI is InChI=1S/C2H6NO4P/c1-2(4)3-8(5,6)7/h1H3,(H3,3,4,5,6,7)/p-2. The average molecular weight is 137 g/mol. The molecule has 0 aliphatic carbocycles. The average Bonchev–Trinajstić information content (AvgIpc) is 1.21. The molecular formula is C2H4NO4P-2. The molecule has 0 bridgehead atoms. The molecule has 8 heavy (non-hydrogen) atoms. The second-order valence-electron chi connectivity index (χ2n) is 1.17. The molecule has 0 aromatic rings. The van der Waals surface area contributed by atoms with E-state index in [1.54, 1.807) is 0 Å². The van der Waals surface area contributed by atoms with Crippen molar-refractivity contribution in [2.75, 3.05) is 0 Å². The van der Waals surface area contributed by atoms with E-state index in [9.17, 15) is 19.1 Å². The van der Waals surface area contributed by atoms with Gasteiger partial charge in [0, 0.05) is 14.7 Å². The Labute approximate surface area is 45.9 Å². The summed E-state index contributed by atoms with van der Waals surface area (Å²) in [6.07, 6.45) is 0. The van der Waals surface area contributed by atoms with Gasteiger partial charge in [-0.15, -0.1) is 0 Å². The molecular weight excluding hydrogens is 133 g/mol. The third kappa shape index (κ3) is 5.62. The summed E-state index contributed by atoms with van der Waals surface area (Å²) in [6, 6.07) is 0. The first kappa shape index (κ1) is 7.62. The minimum Gasteiger partial charge on any atom is -0.795 e. The summed E-state index contributed by atoms with van der Waals surface area (Å²) in [4.78, 5) is 28.9. The monoisotopic (exact) mass is 137 g/mol. The summed E-state index contributed by atoms with van der Waals surface area (Å²) in [5.74, 6) is -0.863. The molecule has 0 aromatic carbocycles. The first-order valence-electron chi connectivity index (χ1n) is 1.73. The number of nitrogens with one attached hydrogen (secondary N) is 1. The lowest BCUT2D eigenvalue weighted by Gasteiger charge is -2.28. The molecule has 0 atom stereocenters. The van der Waals surface area contributed by atoms with Crippen LogP contribution >= 0.6 is 7.75 Å². The first-order chi connectivity index (χ1) is 3.42. The largest absolute Gasteiger partial charge is 0.795 e. The van der Waals surface area contributed by atoms with Gasteiger partial charge in [-0.05, 0) is 0 Å². The van der Waals surface area contributed by atoms with Crippen molar-refractivity contribution in [3.8, 4) is 0 Å². The number of carbonyl (C=O) groups is 1. The molecule has 5 nitrogen and oxygen atoms in total. The molecule has 1 amide bonds. The summed E-state index contributed by atoms with van der Waals surface area (Å²) in [5, 5.41) is 1.19. The third-order valence-electron chi connectivity index (χ3n) is 0.294. The predicted molar refractivity (Wildman–Crippen MR) is 21.4 cm³/mol. The fourth-order valence-electron chi connectivity index (χ4n) is 0.193. The highest BCUT2D eigenvalue weighted by atomic mass is 31.2. The van der Waals surface area contributed by atoms with Crippen molar-refractivity contribution in [1.29, 1.82) is 0 Å². The first-order valence-corrected chi connectivity index (χ1v) is 3.27. The quantitative estimate of drug-likeness (QED) is 0.421. The van der Waals surface area contributed by atoms with Crippen molar-refractivity contribution < 1.29 is 19.1 Å². The van der Waals surface area contributed by atoms with Crippen molar-refractivity contribution in [3.05, 3.63) is 0 Å². The molecule has 48 valence electrons. The van der Waals surface area contributed by atoms with Crippen molar-refractivity contribution in [1.82, 2.24) is 5.09 Å². The lowest BCUT2D eigenvalue weighted by molar-refractivity contribution is -0.316. The Morgan fingerprint density at radius 1 is 1.62 bits per heavy atom. The van der Waals surface area contributed by atoms with E-state index in [0.717, 1.165) is 6.92 Å². The summed E-state index contributed by atoms with van der Waals surface area (Å²) in [5.41, 5.74) is 0. The van der Waals surface area contributed by atoms with Crippen LogP contribution in [0.1, 0.15) is 6.92 Å². The highest BCUT2D eigenvalue weighted by Gasteiger charge is 1.89. The number of hydrogen-bond acceptors (Lipinski definition) is 4. The summed E-state index contributed by atoms with van der Waals surface area (Å²) in [7, 11) is -4.82. The van der Waals surface area contributed by atoms with Crippen molar-refractivity contribution in [2.24, 2.45) is 0 Å². The molecule has 0 saturated heterocycles. The zero-order chi connectivity index (χ0) is 6.78. The van der Waals surface area contributed by atoms with Gasteiger partial charge in [-0.3, -0.25) is 4.79 Å². The number of carbonyl (C=O) groups excluding carboxylic acids is 1. The molecule has 1 N–H and O–H groups in total. The SMILES string of the molecule is CC(=O)NP(=O)([O-])[O-]. The molecule has 0 spiro atoms. The van der Waals surface area contributed by atoms with E-state index in [-0.39, 0.29) is 0 Å². The van der Waals surface area contributed by atoms with Gasteiger partial charge in [-0.2, -0.15) is 0 Å². The Morgan fingerprint density at radius 3 is 2.00 bits per heavy atom. The van der Waals surface area contributed by atoms with E-state index < -0.39 is 13.7 Å². The molecule has 0 radical (unpaired) electrons. The number of amides is 1. The van der Waals surface area contributed by atoms with Gasteiger partial charge in [0.15, 0.2) is 0 Å². The Hall–Kier alpha value is -0.380. The molecule has 0 saturated carbocycles. The summed E-state index contributed by atoms with van der Waals surface area (Å²) < 4.78 is 9.58. The lowest BCUT2D eigenvalue weighted by Crippen LogP contribution is -2.30. The number of rotatable bonds is 1. The van der Waals surface area contributed by atoms with Gasteiger partial charge in [-0.1, -0.05) is 0 Å². The second-order valence-corrected chi connectivity index (χ2v) is 2.38. The van der Waals surface area contributed by atoms with E-state index in [2.05, 4.69) is 0 Å². The van der Waals surface area contributed by atoms with Crippen LogP contribution in [0.4, 0.5) is 0 Å². The Kier molecular flexibility index (Phi) is 2.15. The lowest BCUT2D eigenvalue weighted by atomic mass is 10.8. The highest BCUT2D eigenvalue weighted by molar-refractivity contribution is 7.47. The second kappa shape index (κ2) is 2.26. The Bertz CT molecular complexity index is 137. The fourth-order valence-corrected chi connectivity index (χ4v) is 0.578. The Balaban J connectivity index is 3.74. The molecule has 6 heteroatoms. The minimum absolute atomic E-state index is 0.863.